The number of benzene rings is 1. The van der Waals surface area contributed by atoms with E-state index in [1.165, 1.54) is 5.56 Å². The van der Waals surface area contributed by atoms with Crippen LogP contribution in [0.25, 0.3) is 0 Å². The first-order valence-electron chi connectivity index (χ1n) is 12.1. The number of nitrogens with zero attached hydrogens (tertiary/aromatic N) is 3. The SMILES string of the molecule is O=C1CCC(N2Cc3cc(OC4CCC[C@@H]4N4CC(c5ccncc5)C4)ccc3C2=O)C(=O)N1. The number of hydrogen-bond acceptors (Lipinski definition) is 6. The summed E-state index contributed by atoms with van der Waals surface area (Å²) in [7, 11) is 0. The summed E-state index contributed by atoms with van der Waals surface area (Å²) in [6.45, 7) is 2.47. The molecule has 1 N–H and O–H groups in total. The lowest BCUT2D eigenvalue weighted by molar-refractivity contribution is -0.136. The molecule has 8 nitrogen and oxygen atoms in total. The van der Waals surface area contributed by atoms with Crippen LogP contribution in [0, 0.1) is 0 Å². The van der Waals surface area contributed by atoms with Crippen molar-refractivity contribution >= 4 is 17.7 Å². The molecule has 1 aromatic heterocycles. The van der Waals surface area contributed by atoms with Gasteiger partial charge in [0, 0.05) is 56.0 Å². The molecule has 34 heavy (non-hydrogen) atoms. The van der Waals surface area contributed by atoms with E-state index < -0.39 is 6.04 Å². The lowest BCUT2D eigenvalue weighted by Gasteiger charge is -2.45. The number of piperidine rings is 1. The Morgan fingerprint density at radius 2 is 1.82 bits per heavy atom. The number of ether oxygens (including phenoxy) is 1. The Balaban J connectivity index is 1.11. The predicted molar refractivity (Wildman–Crippen MR) is 123 cm³/mol. The zero-order valence-electron chi connectivity index (χ0n) is 19.0. The minimum Gasteiger partial charge on any atom is -0.489 e. The van der Waals surface area contributed by atoms with Crippen molar-refractivity contribution in [3.05, 3.63) is 59.4 Å². The zero-order valence-corrected chi connectivity index (χ0v) is 19.0. The Hall–Kier alpha value is -3.26. The summed E-state index contributed by atoms with van der Waals surface area (Å²) in [4.78, 5) is 44.9. The van der Waals surface area contributed by atoms with Gasteiger partial charge in [0.2, 0.25) is 11.8 Å². The van der Waals surface area contributed by atoms with Gasteiger partial charge < -0.3 is 9.64 Å². The highest BCUT2D eigenvalue weighted by Gasteiger charge is 2.41. The van der Waals surface area contributed by atoms with Crippen LogP contribution < -0.4 is 10.1 Å². The number of nitrogens with one attached hydrogen (secondary N) is 1. The topological polar surface area (TPSA) is 91.8 Å². The van der Waals surface area contributed by atoms with Gasteiger partial charge in [0.05, 0.1) is 0 Å². The number of fused-ring (bicyclic) bond motifs is 1. The molecule has 4 heterocycles. The van der Waals surface area contributed by atoms with Crippen molar-refractivity contribution in [3.63, 3.8) is 0 Å². The molecular formula is C26H28N4O4. The third-order valence-electron chi connectivity index (χ3n) is 7.76. The first-order chi connectivity index (χ1) is 16.6. The molecular weight excluding hydrogens is 432 g/mol. The van der Waals surface area contributed by atoms with Crippen molar-refractivity contribution in [1.29, 1.82) is 0 Å². The fourth-order valence-corrected chi connectivity index (χ4v) is 5.89. The molecule has 3 aliphatic heterocycles. The van der Waals surface area contributed by atoms with Crippen LogP contribution in [0.2, 0.25) is 0 Å². The minimum atomic E-state index is -0.596. The summed E-state index contributed by atoms with van der Waals surface area (Å²) in [5, 5.41) is 2.35. The first-order valence-corrected chi connectivity index (χ1v) is 12.1. The van der Waals surface area contributed by atoms with Gasteiger partial charge >= 0.3 is 0 Å². The molecule has 0 spiro atoms. The highest BCUT2D eigenvalue weighted by atomic mass is 16.5. The van der Waals surface area contributed by atoms with Crippen molar-refractivity contribution in [2.24, 2.45) is 0 Å². The van der Waals surface area contributed by atoms with Gasteiger partial charge in [0.25, 0.3) is 5.91 Å². The van der Waals surface area contributed by atoms with Crippen molar-refractivity contribution in [2.75, 3.05) is 13.1 Å². The zero-order chi connectivity index (χ0) is 23.2. The van der Waals surface area contributed by atoms with Crippen molar-refractivity contribution in [2.45, 2.75) is 62.8 Å². The average Bonchev–Trinajstić information content (AvgIpc) is 3.38. The van der Waals surface area contributed by atoms with Crippen molar-refractivity contribution < 1.29 is 19.1 Å². The molecule has 3 fully saturated rings. The van der Waals surface area contributed by atoms with Gasteiger partial charge in [-0.25, -0.2) is 0 Å². The number of likely N-dealkylation sites (tertiary alicyclic amines) is 1. The number of amides is 3. The number of imide groups is 1. The van der Waals surface area contributed by atoms with Crippen LogP contribution in [0.3, 0.4) is 0 Å². The number of aromatic nitrogens is 1. The molecule has 6 rings (SSSR count). The molecule has 3 atom stereocenters. The van der Waals surface area contributed by atoms with Crippen LogP contribution in [0.15, 0.2) is 42.7 Å². The van der Waals surface area contributed by atoms with E-state index >= 15 is 0 Å². The van der Waals surface area contributed by atoms with Gasteiger partial charge in [-0.3, -0.25) is 29.6 Å². The Kier molecular flexibility index (Phi) is 5.32. The van der Waals surface area contributed by atoms with Gasteiger partial charge in [0.1, 0.15) is 17.9 Å². The molecule has 4 aliphatic rings. The normalized spacial score (nSPS) is 27.5. The summed E-state index contributed by atoms with van der Waals surface area (Å²) < 4.78 is 6.46. The highest BCUT2D eigenvalue weighted by Crippen LogP contribution is 2.37. The molecule has 1 aromatic carbocycles. The minimum absolute atomic E-state index is 0.139. The molecule has 1 aliphatic carbocycles. The number of rotatable bonds is 5. The fraction of sp³-hybridized carbons (Fsp3) is 0.462. The van der Waals surface area contributed by atoms with Crippen LogP contribution in [-0.2, 0) is 16.1 Å². The maximum Gasteiger partial charge on any atom is 0.255 e. The van der Waals surface area contributed by atoms with Gasteiger partial charge in [-0.15, -0.1) is 0 Å². The Morgan fingerprint density at radius 1 is 1.00 bits per heavy atom. The second-order valence-electron chi connectivity index (χ2n) is 9.80. The van der Waals surface area contributed by atoms with E-state index in [0.717, 1.165) is 43.7 Å². The average molecular weight is 461 g/mol. The summed E-state index contributed by atoms with van der Waals surface area (Å²) in [6, 6.07) is 9.66. The van der Waals surface area contributed by atoms with Crippen LogP contribution in [-0.4, -0.2) is 63.8 Å². The molecule has 8 heteroatoms. The standard InChI is InChI=1S/C26H28N4O4/c31-24-7-6-22(25(32)28-24)30-15-17-12-19(4-5-20(17)26(30)33)34-23-3-1-2-21(23)29-13-18(14-29)16-8-10-27-11-9-16/h4-5,8-12,18,21-23H,1-3,6-7,13-15H2,(H,28,31,32)/t21-,22?,23?/m0/s1. The number of pyridine rings is 1. The van der Waals surface area contributed by atoms with Gasteiger partial charge in [-0.2, -0.15) is 0 Å². The van der Waals surface area contributed by atoms with Crippen LogP contribution in [0.5, 0.6) is 5.75 Å². The van der Waals surface area contributed by atoms with E-state index in [1.54, 1.807) is 4.90 Å². The summed E-state index contributed by atoms with van der Waals surface area (Å²) in [6.07, 6.45) is 7.80. The summed E-state index contributed by atoms with van der Waals surface area (Å²) >= 11 is 0. The monoisotopic (exact) mass is 460 g/mol. The molecule has 1 saturated carbocycles. The fourth-order valence-electron chi connectivity index (χ4n) is 5.89. The third kappa shape index (κ3) is 3.76. The van der Waals surface area contributed by atoms with Crippen LogP contribution >= 0.6 is 0 Å². The van der Waals surface area contributed by atoms with E-state index in [0.29, 0.717) is 30.5 Å². The van der Waals surface area contributed by atoms with Crippen LogP contribution in [0.4, 0.5) is 0 Å². The predicted octanol–water partition coefficient (Wildman–Crippen LogP) is 2.24. The lowest BCUT2D eigenvalue weighted by atomic mass is 9.90. The van der Waals surface area contributed by atoms with Crippen LogP contribution in [0.1, 0.15) is 59.5 Å². The smallest absolute Gasteiger partial charge is 0.255 e. The van der Waals surface area contributed by atoms with Crippen molar-refractivity contribution in [3.8, 4) is 5.75 Å². The van der Waals surface area contributed by atoms with E-state index in [2.05, 4.69) is 27.3 Å². The molecule has 2 unspecified atom stereocenters. The maximum absolute atomic E-state index is 12.9. The number of carbonyl (C=O) groups excluding carboxylic acids is 3. The van der Waals surface area contributed by atoms with Crippen molar-refractivity contribution in [1.82, 2.24) is 20.1 Å². The quantitative estimate of drug-likeness (QED) is 0.688. The molecule has 0 bridgehead atoms. The Morgan fingerprint density at radius 3 is 2.62 bits per heavy atom. The highest BCUT2D eigenvalue weighted by molar-refractivity contribution is 6.05. The summed E-state index contributed by atoms with van der Waals surface area (Å²) in [5.74, 6) is 0.523. The van der Waals surface area contributed by atoms with E-state index in [4.69, 9.17) is 4.74 Å². The Bertz CT molecular complexity index is 1130. The lowest BCUT2D eigenvalue weighted by Crippen LogP contribution is -2.54. The summed E-state index contributed by atoms with van der Waals surface area (Å²) in [5.41, 5.74) is 2.84. The van der Waals surface area contributed by atoms with Gasteiger partial charge in [0.15, 0.2) is 0 Å². The van der Waals surface area contributed by atoms with Gasteiger partial charge in [-0.1, -0.05) is 0 Å². The maximum atomic E-state index is 12.9. The van der Waals surface area contributed by atoms with E-state index in [1.807, 2.05) is 30.6 Å². The molecule has 2 saturated heterocycles. The largest absolute Gasteiger partial charge is 0.489 e. The molecule has 2 aromatic rings. The molecule has 176 valence electrons. The number of hydrogen-bond donors (Lipinski definition) is 1. The van der Waals surface area contributed by atoms with E-state index in [-0.39, 0.29) is 30.2 Å². The van der Waals surface area contributed by atoms with Gasteiger partial charge in [-0.05, 0) is 67.1 Å². The second kappa shape index (κ2) is 8.51. The molecule has 3 amide bonds. The Labute approximate surface area is 198 Å². The third-order valence-corrected chi connectivity index (χ3v) is 7.76. The first kappa shape index (κ1) is 21.3. The molecule has 0 radical (unpaired) electrons. The van der Waals surface area contributed by atoms with E-state index in [9.17, 15) is 14.4 Å². The number of carbonyl (C=O) groups is 3. The second-order valence-corrected chi connectivity index (χ2v) is 9.80.